The average Bonchev–Trinajstić information content (AvgIpc) is 2.72. The molecule has 1 aromatic carbocycles. The molecule has 0 aliphatic carbocycles. The minimum Gasteiger partial charge on any atom is -0.304 e. The van der Waals surface area contributed by atoms with Crippen molar-refractivity contribution in [1.29, 1.82) is 0 Å². The van der Waals surface area contributed by atoms with E-state index in [2.05, 4.69) is 24.1 Å². The van der Waals surface area contributed by atoms with Crippen LogP contribution in [0.25, 0.3) is 0 Å². The van der Waals surface area contributed by atoms with Crippen molar-refractivity contribution in [3.8, 4) is 0 Å². The van der Waals surface area contributed by atoms with Gasteiger partial charge in [0, 0.05) is 33.7 Å². The van der Waals surface area contributed by atoms with Crippen LogP contribution < -0.4 is 5.32 Å². The van der Waals surface area contributed by atoms with Gasteiger partial charge in [-0.25, -0.2) is 4.98 Å². The van der Waals surface area contributed by atoms with Crippen LogP contribution in [0.15, 0.2) is 24.4 Å². The van der Waals surface area contributed by atoms with Crippen molar-refractivity contribution in [3.05, 3.63) is 49.9 Å². The van der Waals surface area contributed by atoms with Crippen LogP contribution in [0, 0.1) is 6.92 Å². The minimum atomic E-state index is 0.166. The first-order chi connectivity index (χ1) is 8.56. The topological polar surface area (TPSA) is 24.9 Å². The molecular weight excluding hydrogens is 287 g/mol. The van der Waals surface area contributed by atoms with Crippen molar-refractivity contribution in [3.63, 3.8) is 0 Å². The maximum atomic E-state index is 6.17. The molecule has 96 valence electrons. The normalized spacial score (nSPS) is 12.7. The van der Waals surface area contributed by atoms with Crippen molar-refractivity contribution >= 4 is 34.5 Å². The summed E-state index contributed by atoms with van der Waals surface area (Å²) in [5.41, 5.74) is 1.05. The van der Waals surface area contributed by atoms with E-state index in [1.807, 2.05) is 18.3 Å². The Kier molecular flexibility index (Phi) is 4.62. The van der Waals surface area contributed by atoms with Gasteiger partial charge < -0.3 is 5.32 Å². The Bertz CT molecular complexity index is 540. The smallest absolute Gasteiger partial charge is 0.107 e. The molecule has 0 fully saturated rings. The Morgan fingerprint density at radius 3 is 2.78 bits per heavy atom. The summed E-state index contributed by atoms with van der Waals surface area (Å²) in [6.45, 7) is 4.88. The van der Waals surface area contributed by atoms with E-state index in [1.165, 1.54) is 4.88 Å². The van der Waals surface area contributed by atoms with Gasteiger partial charge in [0.05, 0.1) is 0 Å². The fourth-order valence-electron chi connectivity index (χ4n) is 1.69. The summed E-state index contributed by atoms with van der Waals surface area (Å²) in [5.74, 6) is 0. The summed E-state index contributed by atoms with van der Waals surface area (Å²) in [4.78, 5) is 5.55. The number of thiazole rings is 1. The lowest BCUT2D eigenvalue weighted by Crippen LogP contribution is -2.18. The summed E-state index contributed by atoms with van der Waals surface area (Å²) in [6, 6.07) is 5.74. The van der Waals surface area contributed by atoms with E-state index in [-0.39, 0.29) is 6.04 Å². The summed E-state index contributed by atoms with van der Waals surface area (Å²) in [7, 11) is 0. The van der Waals surface area contributed by atoms with Gasteiger partial charge >= 0.3 is 0 Å². The largest absolute Gasteiger partial charge is 0.304 e. The molecule has 1 aromatic heterocycles. The quantitative estimate of drug-likeness (QED) is 0.892. The summed E-state index contributed by atoms with van der Waals surface area (Å²) < 4.78 is 0. The lowest BCUT2D eigenvalue weighted by molar-refractivity contribution is 0.573. The third kappa shape index (κ3) is 3.45. The standard InChI is InChI=1S/C13H14Cl2N2S/c1-8-6-17-13(18-8)7-16-9(2)11-4-3-10(14)5-12(11)15/h3-6,9,16H,7H2,1-2H3. The molecule has 0 aliphatic heterocycles. The molecule has 0 bridgehead atoms. The average molecular weight is 301 g/mol. The number of nitrogens with one attached hydrogen (secondary N) is 1. The Balaban J connectivity index is 2.01. The molecule has 18 heavy (non-hydrogen) atoms. The van der Waals surface area contributed by atoms with Crippen LogP contribution in [0.2, 0.25) is 10.0 Å². The summed E-state index contributed by atoms with van der Waals surface area (Å²) >= 11 is 13.8. The predicted molar refractivity (Wildman–Crippen MR) is 78.6 cm³/mol. The lowest BCUT2D eigenvalue weighted by atomic mass is 10.1. The highest BCUT2D eigenvalue weighted by Crippen LogP contribution is 2.26. The molecule has 1 unspecified atom stereocenters. The van der Waals surface area contributed by atoms with E-state index < -0.39 is 0 Å². The second-order valence-corrected chi connectivity index (χ2v) is 6.30. The van der Waals surface area contributed by atoms with Gasteiger partial charge in [0.1, 0.15) is 5.01 Å². The predicted octanol–water partition coefficient (Wildman–Crippen LogP) is 4.61. The van der Waals surface area contributed by atoms with Gasteiger partial charge in [-0.1, -0.05) is 29.3 Å². The molecule has 1 atom stereocenters. The monoisotopic (exact) mass is 300 g/mol. The molecule has 0 amide bonds. The zero-order valence-corrected chi connectivity index (χ0v) is 12.5. The Morgan fingerprint density at radius 2 is 2.17 bits per heavy atom. The SMILES string of the molecule is Cc1cnc(CNC(C)c2ccc(Cl)cc2Cl)s1. The molecule has 0 radical (unpaired) electrons. The first-order valence-electron chi connectivity index (χ1n) is 5.66. The van der Waals surface area contributed by atoms with E-state index in [0.717, 1.165) is 17.1 Å². The third-order valence-electron chi connectivity index (χ3n) is 2.66. The van der Waals surface area contributed by atoms with Crippen molar-refractivity contribution in [1.82, 2.24) is 10.3 Å². The number of nitrogens with zero attached hydrogens (tertiary/aromatic N) is 1. The van der Waals surface area contributed by atoms with Crippen LogP contribution in [-0.2, 0) is 6.54 Å². The Morgan fingerprint density at radius 1 is 1.39 bits per heavy atom. The number of hydrogen-bond donors (Lipinski definition) is 1. The molecule has 0 saturated heterocycles. The van der Waals surface area contributed by atoms with Crippen LogP contribution in [0.3, 0.4) is 0 Å². The van der Waals surface area contributed by atoms with Gasteiger partial charge in [0.15, 0.2) is 0 Å². The van der Waals surface area contributed by atoms with Gasteiger partial charge in [-0.05, 0) is 31.5 Å². The van der Waals surface area contributed by atoms with Crippen LogP contribution in [0.1, 0.15) is 28.4 Å². The molecule has 5 heteroatoms. The van der Waals surface area contributed by atoms with Crippen LogP contribution in [0.5, 0.6) is 0 Å². The van der Waals surface area contributed by atoms with E-state index in [0.29, 0.717) is 10.0 Å². The number of aryl methyl sites for hydroxylation is 1. The zero-order valence-electron chi connectivity index (χ0n) is 10.2. The van der Waals surface area contributed by atoms with Gasteiger partial charge in [-0.3, -0.25) is 0 Å². The second kappa shape index (κ2) is 6.02. The molecular formula is C13H14Cl2N2S. The van der Waals surface area contributed by atoms with E-state index >= 15 is 0 Å². The lowest BCUT2D eigenvalue weighted by Gasteiger charge is -2.15. The Labute approximate surface area is 121 Å². The molecule has 0 aliphatic rings. The van der Waals surface area contributed by atoms with Crippen molar-refractivity contribution < 1.29 is 0 Å². The minimum absolute atomic E-state index is 0.166. The van der Waals surface area contributed by atoms with Gasteiger partial charge in [0.25, 0.3) is 0 Å². The zero-order chi connectivity index (χ0) is 13.1. The van der Waals surface area contributed by atoms with Crippen molar-refractivity contribution in [2.24, 2.45) is 0 Å². The van der Waals surface area contributed by atoms with E-state index in [4.69, 9.17) is 23.2 Å². The number of halogens is 2. The van der Waals surface area contributed by atoms with Crippen LogP contribution in [-0.4, -0.2) is 4.98 Å². The van der Waals surface area contributed by atoms with Gasteiger partial charge in [0.2, 0.25) is 0 Å². The van der Waals surface area contributed by atoms with Crippen molar-refractivity contribution in [2.45, 2.75) is 26.4 Å². The van der Waals surface area contributed by atoms with E-state index in [9.17, 15) is 0 Å². The van der Waals surface area contributed by atoms with Crippen molar-refractivity contribution in [2.75, 3.05) is 0 Å². The highest BCUT2D eigenvalue weighted by atomic mass is 35.5. The number of aromatic nitrogens is 1. The first kappa shape index (κ1) is 13.8. The number of rotatable bonds is 4. The first-order valence-corrected chi connectivity index (χ1v) is 7.23. The summed E-state index contributed by atoms with van der Waals surface area (Å²) in [5, 5.41) is 5.85. The molecule has 0 saturated carbocycles. The van der Waals surface area contributed by atoms with E-state index in [1.54, 1.807) is 17.4 Å². The van der Waals surface area contributed by atoms with Gasteiger partial charge in [-0.2, -0.15) is 0 Å². The fraction of sp³-hybridized carbons (Fsp3) is 0.308. The molecule has 2 aromatic rings. The third-order valence-corrected chi connectivity index (χ3v) is 4.13. The highest BCUT2D eigenvalue weighted by molar-refractivity contribution is 7.11. The Hall–Kier alpha value is -0.610. The molecule has 2 rings (SSSR count). The maximum absolute atomic E-state index is 6.17. The fourth-order valence-corrected chi connectivity index (χ4v) is 3.00. The van der Waals surface area contributed by atoms with Crippen LogP contribution >= 0.6 is 34.5 Å². The number of hydrogen-bond acceptors (Lipinski definition) is 3. The number of benzene rings is 1. The second-order valence-electron chi connectivity index (χ2n) is 4.13. The molecule has 0 spiro atoms. The molecule has 2 nitrogen and oxygen atoms in total. The van der Waals surface area contributed by atoms with Gasteiger partial charge in [-0.15, -0.1) is 11.3 Å². The molecule has 1 N–H and O–H groups in total. The summed E-state index contributed by atoms with van der Waals surface area (Å²) in [6.07, 6.45) is 1.89. The highest BCUT2D eigenvalue weighted by Gasteiger charge is 2.10. The maximum Gasteiger partial charge on any atom is 0.107 e. The molecule has 1 heterocycles. The van der Waals surface area contributed by atoms with Crippen LogP contribution in [0.4, 0.5) is 0 Å².